The topological polar surface area (TPSA) is 52.9 Å². The predicted octanol–water partition coefficient (Wildman–Crippen LogP) is 3.52. The van der Waals surface area contributed by atoms with Crippen molar-refractivity contribution in [2.75, 3.05) is 13.1 Å². The smallest absolute Gasteiger partial charge is 0.125 e. The van der Waals surface area contributed by atoms with E-state index in [9.17, 15) is 10.2 Å². The minimum Gasteiger partial charge on any atom is -0.491 e. The van der Waals surface area contributed by atoms with Gasteiger partial charge in [-0.25, -0.2) is 0 Å². The van der Waals surface area contributed by atoms with Crippen LogP contribution in [-0.4, -0.2) is 34.3 Å². The lowest BCUT2D eigenvalue weighted by atomic mass is 9.97. The van der Waals surface area contributed by atoms with E-state index in [-0.39, 0.29) is 19.3 Å². The van der Waals surface area contributed by atoms with Crippen LogP contribution in [0.4, 0.5) is 0 Å². The highest BCUT2D eigenvalue weighted by Gasteiger charge is 2.23. The molecule has 0 unspecified atom stereocenters. The molecule has 1 heterocycles. The lowest BCUT2D eigenvalue weighted by Crippen LogP contribution is -2.21. The second-order valence-corrected chi connectivity index (χ2v) is 7.84. The maximum absolute atomic E-state index is 9.65. The normalized spacial score (nSPS) is 17.6. The molecule has 0 spiro atoms. The number of rotatable bonds is 8. The molecule has 1 atom stereocenters. The van der Waals surface area contributed by atoms with Crippen LogP contribution in [0.5, 0.6) is 5.75 Å². The quantitative estimate of drug-likeness (QED) is 0.747. The van der Waals surface area contributed by atoms with Crippen LogP contribution in [-0.2, 0) is 26.2 Å². The molecule has 1 aliphatic heterocycles. The summed E-state index contributed by atoms with van der Waals surface area (Å²) in [5, 5.41) is 19.0. The molecule has 1 saturated heterocycles. The molecule has 0 aliphatic carbocycles. The Balaban J connectivity index is 1.57. The van der Waals surface area contributed by atoms with Crippen molar-refractivity contribution in [2.45, 2.75) is 52.6 Å². The molecule has 0 saturated carbocycles. The van der Waals surface area contributed by atoms with Crippen LogP contribution >= 0.6 is 0 Å². The standard InChI is InChI=1S/C23H31NO3/c1-17(2)27-23-7-6-19(12-22(23)16-26)13-24-9-8-20(14-24)10-18-4-3-5-21(11-18)15-25/h3-7,11-12,17,20,25-26H,8-10,13-16H2,1-2H3/t20-/m0/s1. The third-order valence-electron chi connectivity index (χ3n) is 5.13. The summed E-state index contributed by atoms with van der Waals surface area (Å²) in [5.74, 6) is 1.43. The van der Waals surface area contributed by atoms with E-state index < -0.39 is 0 Å². The Bertz CT molecular complexity index is 744. The maximum atomic E-state index is 9.65. The van der Waals surface area contributed by atoms with Gasteiger partial charge in [-0.2, -0.15) is 0 Å². The SMILES string of the molecule is CC(C)Oc1ccc(CN2CC[C@@H](Cc3cccc(CO)c3)C2)cc1CO. The molecule has 4 heteroatoms. The lowest BCUT2D eigenvalue weighted by molar-refractivity contribution is 0.225. The van der Waals surface area contributed by atoms with E-state index >= 15 is 0 Å². The fourth-order valence-electron chi connectivity index (χ4n) is 3.89. The molecule has 0 radical (unpaired) electrons. The van der Waals surface area contributed by atoms with Gasteiger partial charge in [0.2, 0.25) is 0 Å². The van der Waals surface area contributed by atoms with Crippen molar-refractivity contribution in [1.29, 1.82) is 0 Å². The number of hydrogen-bond donors (Lipinski definition) is 2. The van der Waals surface area contributed by atoms with Crippen molar-refractivity contribution in [3.05, 3.63) is 64.7 Å². The number of likely N-dealkylation sites (tertiary alicyclic amines) is 1. The van der Waals surface area contributed by atoms with Gasteiger partial charge in [0.25, 0.3) is 0 Å². The number of hydrogen-bond acceptors (Lipinski definition) is 4. The van der Waals surface area contributed by atoms with Gasteiger partial charge in [-0.05, 0) is 68.0 Å². The summed E-state index contributed by atoms with van der Waals surface area (Å²) < 4.78 is 5.77. The van der Waals surface area contributed by atoms with Gasteiger partial charge in [-0.1, -0.05) is 30.3 Å². The van der Waals surface area contributed by atoms with E-state index in [0.29, 0.717) is 5.92 Å². The summed E-state index contributed by atoms with van der Waals surface area (Å²) >= 11 is 0. The summed E-state index contributed by atoms with van der Waals surface area (Å²) in [6, 6.07) is 14.4. The van der Waals surface area contributed by atoms with E-state index in [1.165, 1.54) is 17.5 Å². The summed E-state index contributed by atoms with van der Waals surface area (Å²) in [6.07, 6.45) is 2.36. The summed E-state index contributed by atoms with van der Waals surface area (Å²) in [6.45, 7) is 7.19. The average molecular weight is 370 g/mol. The number of benzene rings is 2. The molecule has 2 N–H and O–H groups in total. The van der Waals surface area contributed by atoms with Gasteiger partial charge < -0.3 is 14.9 Å². The van der Waals surface area contributed by atoms with Crippen LogP contribution in [0.3, 0.4) is 0 Å². The molecule has 146 valence electrons. The van der Waals surface area contributed by atoms with E-state index in [1.54, 1.807) is 0 Å². The van der Waals surface area contributed by atoms with E-state index in [1.807, 2.05) is 32.0 Å². The van der Waals surface area contributed by atoms with Crippen LogP contribution in [0.25, 0.3) is 0 Å². The van der Waals surface area contributed by atoms with Crippen molar-refractivity contribution < 1.29 is 14.9 Å². The molecular formula is C23H31NO3. The van der Waals surface area contributed by atoms with E-state index in [0.717, 1.165) is 42.9 Å². The zero-order chi connectivity index (χ0) is 19.2. The first-order valence-corrected chi connectivity index (χ1v) is 9.87. The average Bonchev–Trinajstić information content (AvgIpc) is 3.09. The van der Waals surface area contributed by atoms with Gasteiger partial charge in [0, 0.05) is 18.7 Å². The summed E-state index contributed by atoms with van der Waals surface area (Å²) in [7, 11) is 0. The van der Waals surface area contributed by atoms with Crippen molar-refractivity contribution in [3.8, 4) is 5.75 Å². The molecule has 0 aromatic heterocycles. The van der Waals surface area contributed by atoms with E-state index in [2.05, 4.69) is 29.2 Å². The predicted molar refractivity (Wildman–Crippen MR) is 108 cm³/mol. The number of aliphatic hydroxyl groups is 2. The Morgan fingerprint density at radius 2 is 1.85 bits per heavy atom. The fourth-order valence-corrected chi connectivity index (χ4v) is 3.89. The van der Waals surface area contributed by atoms with Crippen LogP contribution in [0, 0.1) is 5.92 Å². The fraction of sp³-hybridized carbons (Fsp3) is 0.478. The minimum atomic E-state index is -0.000282. The molecule has 2 aromatic rings. The van der Waals surface area contributed by atoms with Crippen LogP contribution < -0.4 is 4.74 Å². The Kier molecular flexibility index (Phi) is 6.89. The highest BCUT2D eigenvalue weighted by Crippen LogP contribution is 2.26. The van der Waals surface area contributed by atoms with Crippen molar-refractivity contribution in [2.24, 2.45) is 5.92 Å². The van der Waals surface area contributed by atoms with Crippen molar-refractivity contribution in [1.82, 2.24) is 4.90 Å². The molecule has 1 aliphatic rings. The van der Waals surface area contributed by atoms with Gasteiger partial charge in [-0.15, -0.1) is 0 Å². The molecule has 4 nitrogen and oxygen atoms in total. The Morgan fingerprint density at radius 3 is 2.59 bits per heavy atom. The van der Waals surface area contributed by atoms with Crippen molar-refractivity contribution >= 4 is 0 Å². The van der Waals surface area contributed by atoms with Crippen molar-refractivity contribution in [3.63, 3.8) is 0 Å². The summed E-state index contributed by atoms with van der Waals surface area (Å²) in [5.41, 5.74) is 4.38. The molecule has 27 heavy (non-hydrogen) atoms. The zero-order valence-electron chi connectivity index (χ0n) is 16.4. The Labute approximate surface area is 162 Å². The van der Waals surface area contributed by atoms with Gasteiger partial charge in [0.15, 0.2) is 0 Å². The first-order chi connectivity index (χ1) is 13.1. The minimum absolute atomic E-state index is 0.000282. The Hall–Kier alpha value is -1.88. The highest BCUT2D eigenvalue weighted by molar-refractivity contribution is 5.37. The number of nitrogens with zero attached hydrogens (tertiary/aromatic N) is 1. The third-order valence-corrected chi connectivity index (χ3v) is 5.13. The number of ether oxygens (including phenoxy) is 1. The largest absolute Gasteiger partial charge is 0.491 e. The zero-order valence-corrected chi connectivity index (χ0v) is 16.4. The second kappa shape index (κ2) is 9.36. The molecule has 0 amide bonds. The monoisotopic (exact) mass is 369 g/mol. The second-order valence-electron chi connectivity index (χ2n) is 7.84. The van der Waals surface area contributed by atoms with Gasteiger partial charge in [0.1, 0.15) is 5.75 Å². The first kappa shape index (κ1) is 19.9. The van der Waals surface area contributed by atoms with Gasteiger partial charge in [-0.3, -0.25) is 4.90 Å². The van der Waals surface area contributed by atoms with E-state index in [4.69, 9.17) is 4.74 Å². The molecule has 1 fully saturated rings. The molecule has 3 rings (SSSR count). The molecule has 0 bridgehead atoms. The van der Waals surface area contributed by atoms with Gasteiger partial charge >= 0.3 is 0 Å². The summed E-state index contributed by atoms with van der Waals surface area (Å²) in [4.78, 5) is 2.49. The highest BCUT2D eigenvalue weighted by atomic mass is 16.5. The molecule has 2 aromatic carbocycles. The molecular weight excluding hydrogens is 338 g/mol. The third kappa shape index (κ3) is 5.55. The van der Waals surface area contributed by atoms with Crippen LogP contribution in [0.2, 0.25) is 0 Å². The number of aliphatic hydroxyl groups excluding tert-OH is 2. The van der Waals surface area contributed by atoms with Crippen LogP contribution in [0.1, 0.15) is 42.5 Å². The van der Waals surface area contributed by atoms with Crippen LogP contribution in [0.15, 0.2) is 42.5 Å². The first-order valence-electron chi connectivity index (χ1n) is 9.87. The lowest BCUT2D eigenvalue weighted by Gasteiger charge is -2.18. The Morgan fingerprint density at radius 1 is 1.04 bits per heavy atom. The maximum Gasteiger partial charge on any atom is 0.125 e. The van der Waals surface area contributed by atoms with Gasteiger partial charge in [0.05, 0.1) is 19.3 Å².